The Hall–Kier alpha value is -3.07. The van der Waals surface area contributed by atoms with E-state index in [1.807, 2.05) is 12.1 Å². The zero-order chi connectivity index (χ0) is 22.5. The van der Waals surface area contributed by atoms with Gasteiger partial charge in [-0.1, -0.05) is 28.1 Å². The fourth-order valence-corrected chi connectivity index (χ4v) is 3.95. The van der Waals surface area contributed by atoms with Gasteiger partial charge in [-0.2, -0.15) is 0 Å². The number of para-hydroxylation sites is 1. The molecule has 0 bridgehead atoms. The zero-order valence-electron chi connectivity index (χ0n) is 17.6. The van der Waals surface area contributed by atoms with Gasteiger partial charge in [-0.25, -0.2) is 4.79 Å². The van der Waals surface area contributed by atoms with Crippen molar-refractivity contribution in [1.82, 2.24) is 14.5 Å². The summed E-state index contributed by atoms with van der Waals surface area (Å²) in [6, 6.07) is 10.5. The first-order valence-electron chi connectivity index (χ1n) is 9.80. The Kier molecular flexibility index (Phi) is 7.17. The lowest BCUT2D eigenvalue weighted by molar-refractivity contribution is -0.121. The van der Waals surface area contributed by atoms with E-state index < -0.39 is 5.69 Å². The molecular weight excluding hydrogens is 466 g/mol. The summed E-state index contributed by atoms with van der Waals surface area (Å²) < 4.78 is 13.9. The third-order valence-corrected chi connectivity index (χ3v) is 5.76. The van der Waals surface area contributed by atoms with Crippen molar-refractivity contribution in [2.45, 2.75) is 26.4 Å². The highest BCUT2D eigenvalue weighted by molar-refractivity contribution is 9.10. The summed E-state index contributed by atoms with van der Waals surface area (Å²) in [6.45, 7) is 2.15. The van der Waals surface area contributed by atoms with Crippen LogP contribution < -0.4 is 26.0 Å². The number of carbonyl (C=O) groups excluding carboxylic acids is 1. The van der Waals surface area contributed by atoms with Crippen molar-refractivity contribution < 1.29 is 14.3 Å². The van der Waals surface area contributed by atoms with Crippen LogP contribution in [-0.4, -0.2) is 35.8 Å². The van der Waals surface area contributed by atoms with E-state index in [1.165, 1.54) is 4.57 Å². The topological polar surface area (TPSA) is 91.6 Å². The van der Waals surface area contributed by atoms with Gasteiger partial charge < -0.3 is 14.8 Å². The summed E-state index contributed by atoms with van der Waals surface area (Å²) in [4.78, 5) is 37.8. The molecule has 0 spiro atoms. The molecule has 8 nitrogen and oxygen atoms in total. The smallest absolute Gasteiger partial charge is 0.331 e. The highest BCUT2D eigenvalue weighted by atomic mass is 79.9. The molecule has 0 saturated heterocycles. The molecule has 0 aliphatic heterocycles. The quantitative estimate of drug-likeness (QED) is 0.524. The van der Waals surface area contributed by atoms with E-state index >= 15 is 0 Å². The number of fused-ring (bicyclic) bond motifs is 1. The molecule has 31 heavy (non-hydrogen) atoms. The summed E-state index contributed by atoms with van der Waals surface area (Å²) in [5, 5.41) is 3.25. The minimum Gasteiger partial charge on any atom is -0.493 e. The molecule has 0 unspecified atom stereocenters. The number of hydrogen-bond acceptors (Lipinski definition) is 5. The minimum absolute atomic E-state index is 0.174. The van der Waals surface area contributed by atoms with Gasteiger partial charge in [-0.05, 0) is 43.2 Å². The first-order chi connectivity index (χ1) is 14.9. The second-order valence-electron chi connectivity index (χ2n) is 6.83. The molecule has 9 heteroatoms. The third kappa shape index (κ3) is 4.66. The van der Waals surface area contributed by atoms with Crippen LogP contribution in [0.5, 0.6) is 11.5 Å². The minimum atomic E-state index is -0.496. The maximum absolute atomic E-state index is 12.8. The summed E-state index contributed by atoms with van der Waals surface area (Å²) in [6.07, 6.45) is 0.552. The van der Waals surface area contributed by atoms with Gasteiger partial charge in [0, 0.05) is 17.6 Å². The number of carbonyl (C=O) groups is 1. The molecule has 1 heterocycles. The van der Waals surface area contributed by atoms with E-state index in [9.17, 15) is 14.4 Å². The molecule has 1 aromatic heterocycles. The van der Waals surface area contributed by atoms with E-state index in [1.54, 1.807) is 45.4 Å². The molecule has 3 rings (SSSR count). The van der Waals surface area contributed by atoms with Crippen LogP contribution in [0.2, 0.25) is 0 Å². The predicted molar refractivity (Wildman–Crippen MR) is 122 cm³/mol. The Morgan fingerprint density at radius 3 is 2.42 bits per heavy atom. The van der Waals surface area contributed by atoms with Crippen LogP contribution in [-0.2, 0) is 24.3 Å². The lowest BCUT2D eigenvalue weighted by Crippen LogP contribution is -2.42. The second kappa shape index (κ2) is 9.82. The molecule has 0 radical (unpaired) electrons. The van der Waals surface area contributed by atoms with Crippen molar-refractivity contribution in [3.05, 3.63) is 67.3 Å². The van der Waals surface area contributed by atoms with Gasteiger partial charge in [-0.3, -0.25) is 18.7 Å². The number of aromatic nitrogens is 2. The van der Waals surface area contributed by atoms with Crippen LogP contribution in [0.4, 0.5) is 0 Å². The maximum atomic E-state index is 12.8. The van der Waals surface area contributed by atoms with Gasteiger partial charge in [-0.15, -0.1) is 0 Å². The molecule has 1 amide bonds. The SMILES string of the molecule is CCn1c(=O)c2ccccc2n(CC(=O)NCCc2cc(OC)c(OC)cc2Br)c1=O. The normalized spacial score (nSPS) is 10.8. The second-order valence-corrected chi connectivity index (χ2v) is 7.69. The predicted octanol–water partition coefficient (Wildman–Crippen LogP) is 2.32. The average Bonchev–Trinajstić information content (AvgIpc) is 2.77. The molecule has 0 aliphatic carbocycles. The Balaban J connectivity index is 1.76. The van der Waals surface area contributed by atoms with Gasteiger partial charge in [0.25, 0.3) is 5.56 Å². The Morgan fingerprint density at radius 1 is 1.06 bits per heavy atom. The largest absolute Gasteiger partial charge is 0.493 e. The Bertz CT molecular complexity index is 1230. The van der Waals surface area contributed by atoms with Crippen molar-refractivity contribution in [3.63, 3.8) is 0 Å². The molecule has 0 atom stereocenters. The molecule has 0 saturated carbocycles. The number of methoxy groups -OCH3 is 2. The van der Waals surface area contributed by atoms with E-state index in [0.29, 0.717) is 35.4 Å². The third-order valence-electron chi connectivity index (χ3n) is 5.02. The van der Waals surface area contributed by atoms with E-state index in [2.05, 4.69) is 21.2 Å². The molecule has 1 N–H and O–H groups in total. The molecule has 0 aliphatic rings. The number of benzene rings is 2. The molecule has 164 valence electrons. The number of rotatable bonds is 8. The van der Waals surface area contributed by atoms with Crippen LogP contribution in [0.25, 0.3) is 10.9 Å². The van der Waals surface area contributed by atoms with Gasteiger partial charge in [0.15, 0.2) is 11.5 Å². The number of halogens is 1. The first kappa shape index (κ1) is 22.6. The van der Waals surface area contributed by atoms with Crippen molar-refractivity contribution in [3.8, 4) is 11.5 Å². The standard InChI is InChI=1S/C22H24BrN3O5/c1-4-25-21(28)15-7-5-6-8-17(15)26(22(25)29)13-20(27)24-10-9-14-11-18(30-2)19(31-3)12-16(14)23/h5-8,11-12H,4,9-10,13H2,1-3H3,(H,24,27). The van der Waals surface area contributed by atoms with Crippen LogP contribution in [0.1, 0.15) is 12.5 Å². The van der Waals surface area contributed by atoms with Crippen molar-refractivity contribution in [2.24, 2.45) is 0 Å². The van der Waals surface area contributed by atoms with Crippen LogP contribution in [0, 0.1) is 0 Å². The van der Waals surface area contributed by atoms with Gasteiger partial charge in [0.2, 0.25) is 5.91 Å². The van der Waals surface area contributed by atoms with Crippen molar-refractivity contribution in [1.29, 1.82) is 0 Å². The molecule has 2 aromatic carbocycles. The Morgan fingerprint density at radius 2 is 1.74 bits per heavy atom. The van der Waals surface area contributed by atoms with Crippen LogP contribution >= 0.6 is 15.9 Å². The van der Waals surface area contributed by atoms with Crippen LogP contribution in [0.3, 0.4) is 0 Å². The number of nitrogens with one attached hydrogen (secondary N) is 1. The zero-order valence-corrected chi connectivity index (χ0v) is 19.2. The number of amides is 1. The summed E-state index contributed by atoms with van der Waals surface area (Å²) in [5.41, 5.74) is 0.544. The molecular formula is C22H24BrN3O5. The van der Waals surface area contributed by atoms with Crippen molar-refractivity contribution >= 4 is 32.7 Å². The average molecular weight is 490 g/mol. The highest BCUT2D eigenvalue weighted by Gasteiger charge is 2.15. The first-order valence-corrected chi connectivity index (χ1v) is 10.6. The van der Waals surface area contributed by atoms with E-state index in [0.717, 1.165) is 14.6 Å². The molecule has 0 fully saturated rings. The monoisotopic (exact) mass is 489 g/mol. The summed E-state index contributed by atoms with van der Waals surface area (Å²) >= 11 is 3.51. The fourth-order valence-electron chi connectivity index (χ4n) is 3.43. The lowest BCUT2D eigenvalue weighted by atomic mass is 10.1. The van der Waals surface area contributed by atoms with Crippen LogP contribution in [0.15, 0.2) is 50.5 Å². The maximum Gasteiger partial charge on any atom is 0.331 e. The summed E-state index contributed by atoms with van der Waals surface area (Å²) in [5.74, 6) is 0.900. The van der Waals surface area contributed by atoms with Gasteiger partial charge in [0.1, 0.15) is 6.54 Å². The number of hydrogen-bond donors (Lipinski definition) is 1. The summed E-state index contributed by atoms with van der Waals surface area (Å²) in [7, 11) is 3.13. The van der Waals surface area contributed by atoms with Gasteiger partial charge in [0.05, 0.1) is 25.1 Å². The molecule has 3 aromatic rings. The van der Waals surface area contributed by atoms with Gasteiger partial charge >= 0.3 is 5.69 Å². The van der Waals surface area contributed by atoms with E-state index in [-0.39, 0.29) is 24.6 Å². The number of nitrogens with zero attached hydrogens (tertiary/aromatic N) is 2. The Labute approximate surface area is 187 Å². The number of ether oxygens (including phenoxy) is 2. The fraction of sp³-hybridized carbons (Fsp3) is 0.318. The van der Waals surface area contributed by atoms with E-state index in [4.69, 9.17) is 9.47 Å². The highest BCUT2D eigenvalue weighted by Crippen LogP contribution is 2.33. The lowest BCUT2D eigenvalue weighted by Gasteiger charge is -2.14. The van der Waals surface area contributed by atoms with Crippen molar-refractivity contribution in [2.75, 3.05) is 20.8 Å².